The van der Waals surface area contributed by atoms with E-state index in [0.29, 0.717) is 0 Å². The molecule has 0 heterocycles. The van der Waals surface area contributed by atoms with Crippen LogP contribution in [0, 0.1) is 0 Å². The van der Waals surface area contributed by atoms with Gasteiger partial charge in [-0.2, -0.15) is 0 Å². The number of hydrogen-bond acceptors (Lipinski definition) is 4. The van der Waals surface area contributed by atoms with Gasteiger partial charge in [0.1, 0.15) is 0 Å². The van der Waals surface area contributed by atoms with Crippen LogP contribution in [-0.4, -0.2) is 30.9 Å². The minimum absolute atomic E-state index is 0.0371. The van der Waals surface area contributed by atoms with Crippen molar-refractivity contribution in [3.8, 4) is 0 Å². The van der Waals surface area contributed by atoms with Gasteiger partial charge >= 0.3 is 5.97 Å². The maximum absolute atomic E-state index is 11.8. The van der Waals surface area contributed by atoms with Gasteiger partial charge in [0.05, 0.1) is 6.42 Å². The zero-order valence-corrected chi connectivity index (χ0v) is 13.1. The number of anilines is 1. The van der Waals surface area contributed by atoms with Gasteiger partial charge in [-0.1, -0.05) is 32.0 Å². The molecule has 0 unspecified atom stereocenters. The topological polar surface area (TPSA) is 84.5 Å². The summed E-state index contributed by atoms with van der Waals surface area (Å²) in [4.78, 5) is 33.9. The Bertz CT molecular complexity index is 541. The molecule has 0 saturated heterocycles. The van der Waals surface area contributed by atoms with E-state index in [2.05, 4.69) is 10.6 Å². The van der Waals surface area contributed by atoms with Crippen LogP contribution in [-0.2, 0) is 19.1 Å². The Kier molecular flexibility index (Phi) is 7.08. The predicted octanol–water partition coefficient (Wildman–Crippen LogP) is 1.82. The van der Waals surface area contributed by atoms with Crippen LogP contribution < -0.4 is 10.6 Å². The predicted molar refractivity (Wildman–Crippen MR) is 83.4 cm³/mol. The molecule has 22 heavy (non-hydrogen) atoms. The molecular weight excluding hydrogens is 284 g/mol. The van der Waals surface area contributed by atoms with Gasteiger partial charge in [-0.05, 0) is 17.5 Å². The van der Waals surface area contributed by atoms with Crippen molar-refractivity contribution < 1.29 is 19.1 Å². The fourth-order valence-electron chi connectivity index (χ4n) is 1.86. The maximum atomic E-state index is 11.8. The van der Waals surface area contributed by atoms with Crippen molar-refractivity contribution in [1.82, 2.24) is 5.32 Å². The number of esters is 1. The van der Waals surface area contributed by atoms with E-state index in [1.54, 1.807) is 0 Å². The van der Waals surface area contributed by atoms with Crippen molar-refractivity contribution in [2.45, 2.75) is 33.1 Å². The van der Waals surface area contributed by atoms with Crippen LogP contribution in [0.4, 0.5) is 5.69 Å². The number of hydrogen-bond donors (Lipinski definition) is 2. The third-order valence-electron chi connectivity index (χ3n) is 2.92. The lowest BCUT2D eigenvalue weighted by Gasteiger charge is -2.13. The van der Waals surface area contributed by atoms with E-state index in [9.17, 15) is 14.4 Å². The van der Waals surface area contributed by atoms with Crippen molar-refractivity contribution in [2.24, 2.45) is 0 Å². The third-order valence-corrected chi connectivity index (χ3v) is 2.92. The summed E-state index contributed by atoms with van der Waals surface area (Å²) in [6.07, 6.45) is 0.0371. The van der Waals surface area contributed by atoms with Crippen molar-refractivity contribution in [1.29, 1.82) is 0 Å². The van der Waals surface area contributed by atoms with Crippen LogP contribution in [0.1, 0.15) is 38.7 Å². The second-order valence-corrected chi connectivity index (χ2v) is 5.18. The number of carbonyl (C=O) groups is 3. The normalized spacial score (nSPS) is 10.2. The quantitative estimate of drug-likeness (QED) is 0.753. The van der Waals surface area contributed by atoms with Crippen molar-refractivity contribution in [2.75, 3.05) is 18.5 Å². The molecule has 0 radical (unpaired) electrons. The van der Waals surface area contributed by atoms with Gasteiger partial charge in [0.25, 0.3) is 5.91 Å². The highest BCUT2D eigenvalue weighted by atomic mass is 16.5. The van der Waals surface area contributed by atoms with Gasteiger partial charge in [0.2, 0.25) is 5.91 Å². The molecule has 1 aromatic carbocycles. The Balaban J connectivity index is 2.41. The first-order chi connectivity index (χ1) is 10.4. The third kappa shape index (κ3) is 6.39. The zero-order chi connectivity index (χ0) is 16.5. The SMILES string of the molecule is CC(=O)NCCC(=O)OCC(=O)Nc1ccccc1C(C)C. The van der Waals surface area contributed by atoms with Crippen LogP contribution in [0.25, 0.3) is 0 Å². The summed E-state index contributed by atoms with van der Waals surface area (Å²) >= 11 is 0. The Morgan fingerprint density at radius 2 is 1.86 bits per heavy atom. The average Bonchev–Trinajstić information content (AvgIpc) is 2.45. The summed E-state index contributed by atoms with van der Waals surface area (Å²) in [6.45, 7) is 5.29. The van der Waals surface area contributed by atoms with Gasteiger partial charge in [0, 0.05) is 19.2 Å². The molecule has 2 amide bonds. The minimum Gasteiger partial charge on any atom is -0.456 e. The molecule has 1 rings (SSSR count). The number of ether oxygens (including phenoxy) is 1. The van der Waals surface area contributed by atoms with E-state index in [1.807, 2.05) is 38.1 Å². The van der Waals surface area contributed by atoms with Crippen molar-refractivity contribution in [3.63, 3.8) is 0 Å². The molecule has 0 aliphatic carbocycles. The summed E-state index contributed by atoms with van der Waals surface area (Å²) in [6, 6.07) is 7.50. The number of benzene rings is 1. The lowest BCUT2D eigenvalue weighted by atomic mass is 10.0. The molecular formula is C16H22N2O4. The average molecular weight is 306 g/mol. The molecule has 6 nitrogen and oxygen atoms in total. The Hall–Kier alpha value is -2.37. The van der Waals surface area contributed by atoms with Gasteiger partial charge < -0.3 is 15.4 Å². The molecule has 0 spiro atoms. The first-order valence-corrected chi connectivity index (χ1v) is 7.19. The van der Waals surface area contributed by atoms with E-state index in [1.165, 1.54) is 6.92 Å². The molecule has 0 saturated carbocycles. The summed E-state index contributed by atoms with van der Waals surface area (Å²) in [7, 11) is 0. The van der Waals surface area contributed by atoms with Crippen LogP contribution >= 0.6 is 0 Å². The van der Waals surface area contributed by atoms with Gasteiger partial charge in [0.15, 0.2) is 6.61 Å². The minimum atomic E-state index is -0.527. The fraction of sp³-hybridized carbons (Fsp3) is 0.438. The summed E-state index contributed by atoms with van der Waals surface area (Å²) in [5.41, 5.74) is 1.74. The second-order valence-electron chi connectivity index (χ2n) is 5.18. The van der Waals surface area contributed by atoms with Crippen LogP contribution in [0.5, 0.6) is 0 Å². The van der Waals surface area contributed by atoms with E-state index in [-0.39, 0.29) is 37.3 Å². The molecule has 2 N–H and O–H groups in total. The lowest BCUT2D eigenvalue weighted by Crippen LogP contribution is -2.26. The number of nitrogens with one attached hydrogen (secondary N) is 2. The number of para-hydroxylation sites is 1. The molecule has 0 fully saturated rings. The highest BCUT2D eigenvalue weighted by molar-refractivity contribution is 5.93. The summed E-state index contributed by atoms with van der Waals surface area (Å²) in [5.74, 6) is -0.852. The zero-order valence-electron chi connectivity index (χ0n) is 13.1. The van der Waals surface area contributed by atoms with Crippen LogP contribution in [0.2, 0.25) is 0 Å². The van der Waals surface area contributed by atoms with Crippen LogP contribution in [0.3, 0.4) is 0 Å². The summed E-state index contributed by atoms with van der Waals surface area (Å²) < 4.78 is 4.86. The lowest BCUT2D eigenvalue weighted by molar-refractivity contribution is -0.147. The molecule has 0 aromatic heterocycles. The molecule has 1 aromatic rings. The molecule has 0 bridgehead atoms. The largest absolute Gasteiger partial charge is 0.456 e. The van der Waals surface area contributed by atoms with Crippen LogP contribution in [0.15, 0.2) is 24.3 Å². The van der Waals surface area contributed by atoms with Gasteiger partial charge in [-0.25, -0.2) is 0 Å². The van der Waals surface area contributed by atoms with E-state index >= 15 is 0 Å². The number of carbonyl (C=O) groups excluding carboxylic acids is 3. The first kappa shape index (κ1) is 17.7. The number of amides is 2. The molecule has 120 valence electrons. The second kappa shape index (κ2) is 8.81. The van der Waals surface area contributed by atoms with E-state index in [4.69, 9.17) is 4.74 Å². The standard InChI is InChI=1S/C16H22N2O4/c1-11(2)13-6-4-5-7-14(13)18-15(20)10-22-16(21)8-9-17-12(3)19/h4-7,11H,8-10H2,1-3H3,(H,17,19)(H,18,20). The smallest absolute Gasteiger partial charge is 0.308 e. The molecule has 0 atom stereocenters. The Labute approximate surface area is 130 Å². The molecule has 6 heteroatoms. The fourth-order valence-corrected chi connectivity index (χ4v) is 1.86. The molecule has 0 aliphatic heterocycles. The maximum Gasteiger partial charge on any atom is 0.308 e. The van der Waals surface area contributed by atoms with E-state index in [0.717, 1.165) is 11.3 Å². The van der Waals surface area contributed by atoms with Gasteiger partial charge in [-0.15, -0.1) is 0 Å². The number of rotatable bonds is 7. The van der Waals surface area contributed by atoms with E-state index < -0.39 is 5.97 Å². The molecule has 0 aliphatic rings. The summed E-state index contributed by atoms with van der Waals surface area (Å²) in [5, 5.41) is 5.22. The Morgan fingerprint density at radius 3 is 2.50 bits per heavy atom. The highest BCUT2D eigenvalue weighted by Crippen LogP contribution is 2.23. The monoisotopic (exact) mass is 306 g/mol. The van der Waals surface area contributed by atoms with Crippen molar-refractivity contribution in [3.05, 3.63) is 29.8 Å². The van der Waals surface area contributed by atoms with Gasteiger partial charge in [-0.3, -0.25) is 14.4 Å². The first-order valence-electron chi connectivity index (χ1n) is 7.19. The Morgan fingerprint density at radius 1 is 1.18 bits per heavy atom. The van der Waals surface area contributed by atoms with Crippen molar-refractivity contribution >= 4 is 23.5 Å². The highest BCUT2D eigenvalue weighted by Gasteiger charge is 2.11.